The highest BCUT2D eigenvalue weighted by Gasteiger charge is 2.26. The Morgan fingerprint density at radius 2 is 1.57 bits per heavy atom. The fourth-order valence-corrected chi connectivity index (χ4v) is 5.58. The Hall–Kier alpha value is -1.44. The number of sulfonamides is 1. The molecule has 28 heavy (non-hydrogen) atoms. The third-order valence-electron chi connectivity index (χ3n) is 5.68. The molecule has 1 N–H and O–H groups in total. The lowest BCUT2D eigenvalue weighted by atomic mass is 10.2. The van der Waals surface area contributed by atoms with Gasteiger partial charge in [0.25, 0.3) is 5.91 Å². The Morgan fingerprint density at radius 3 is 2.29 bits per heavy atom. The van der Waals surface area contributed by atoms with Crippen LogP contribution in [0.15, 0.2) is 29.2 Å². The van der Waals surface area contributed by atoms with E-state index < -0.39 is 10.0 Å². The second kappa shape index (κ2) is 10.4. The summed E-state index contributed by atoms with van der Waals surface area (Å²) in [5.74, 6) is -0.202. The number of likely N-dealkylation sites (tertiary alicyclic amines) is 1. The molecule has 2 heterocycles. The number of hydrogen-bond donors (Lipinski definition) is 1. The van der Waals surface area contributed by atoms with E-state index in [-0.39, 0.29) is 10.8 Å². The van der Waals surface area contributed by atoms with Crippen LogP contribution in [0.2, 0.25) is 0 Å². The van der Waals surface area contributed by atoms with Gasteiger partial charge < -0.3 is 10.2 Å². The minimum Gasteiger partial charge on any atom is -0.352 e. The smallest absolute Gasteiger partial charge is 0.251 e. The summed E-state index contributed by atoms with van der Waals surface area (Å²) in [5.41, 5.74) is 0.410. The Labute approximate surface area is 169 Å². The number of rotatable bonds is 7. The van der Waals surface area contributed by atoms with Crippen molar-refractivity contribution in [3.8, 4) is 0 Å². The molecule has 2 aliphatic rings. The van der Waals surface area contributed by atoms with Crippen molar-refractivity contribution >= 4 is 15.9 Å². The van der Waals surface area contributed by atoms with Gasteiger partial charge in [0, 0.05) is 25.2 Å². The fourth-order valence-electron chi connectivity index (χ4n) is 4.02. The lowest BCUT2D eigenvalue weighted by molar-refractivity contribution is 0.0951. The number of carbonyl (C=O) groups is 1. The first-order valence-electron chi connectivity index (χ1n) is 10.7. The summed E-state index contributed by atoms with van der Waals surface area (Å²) in [7, 11) is -3.51. The summed E-state index contributed by atoms with van der Waals surface area (Å²) in [6, 6.07) is 6.43. The summed E-state index contributed by atoms with van der Waals surface area (Å²) < 4.78 is 27.2. The van der Waals surface area contributed by atoms with Crippen LogP contribution in [0.4, 0.5) is 0 Å². The molecule has 0 aromatic heterocycles. The molecule has 1 aromatic carbocycles. The molecule has 1 aromatic rings. The number of nitrogens with one attached hydrogen (secondary N) is 1. The van der Waals surface area contributed by atoms with Crippen LogP contribution in [0.25, 0.3) is 0 Å². The number of benzene rings is 1. The average molecular weight is 408 g/mol. The molecule has 2 saturated heterocycles. The predicted molar refractivity (Wildman–Crippen MR) is 111 cm³/mol. The van der Waals surface area contributed by atoms with E-state index in [1.807, 2.05) is 0 Å². The molecule has 0 atom stereocenters. The van der Waals surface area contributed by atoms with Crippen LogP contribution < -0.4 is 5.32 Å². The van der Waals surface area contributed by atoms with Crippen molar-refractivity contribution in [2.24, 2.45) is 0 Å². The van der Waals surface area contributed by atoms with Crippen LogP contribution in [0.1, 0.15) is 61.7 Å². The van der Waals surface area contributed by atoms with E-state index in [0.717, 1.165) is 45.3 Å². The highest BCUT2D eigenvalue weighted by Crippen LogP contribution is 2.21. The molecule has 0 spiro atoms. The van der Waals surface area contributed by atoms with Gasteiger partial charge in [0.1, 0.15) is 0 Å². The van der Waals surface area contributed by atoms with E-state index >= 15 is 0 Å². The first-order chi connectivity index (χ1) is 13.6. The van der Waals surface area contributed by atoms with Crippen molar-refractivity contribution in [1.29, 1.82) is 0 Å². The molecule has 1 amide bonds. The van der Waals surface area contributed by atoms with Crippen LogP contribution in [-0.4, -0.2) is 62.8 Å². The molecule has 0 aliphatic carbocycles. The van der Waals surface area contributed by atoms with Crippen molar-refractivity contribution < 1.29 is 13.2 Å². The van der Waals surface area contributed by atoms with Gasteiger partial charge in [0.2, 0.25) is 10.0 Å². The highest BCUT2D eigenvalue weighted by atomic mass is 32.2. The normalized spacial score (nSPS) is 19.9. The van der Waals surface area contributed by atoms with Gasteiger partial charge in [0.05, 0.1) is 4.90 Å². The molecule has 0 saturated carbocycles. The third kappa shape index (κ3) is 5.78. The third-order valence-corrected chi connectivity index (χ3v) is 7.58. The topological polar surface area (TPSA) is 69.7 Å². The minimum absolute atomic E-state index is 0.202. The molecular formula is C21H33N3O3S. The van der Waals surface area contributed by atoms with E-state index in [2.05, 4.69) is 10.2 Å². The van der Waals surface area contributed by atoms with Gasteiger partial charge in [-0.3, -0.25) is 4.79 Å². The first-order valence-corrected chi connectivity index (χ1v) is 12.1. The molecule has 0 radical (unpaired) electrons. The maximum Gasteiger partial charge on any atom is 0.251 e. The maximum atomic E-state index is 12.8. The van der Waals surface area contributed by atoms with Crippen molar-refractivity contribution in [3.63, 3.8) is 0 Å². The zero-order chi connectivity index (χ0) is 19.8. The Kier molecular flexibility index (Phi) is 7.88. The molecule has 2 aliphatic heterocycles. The summed E-state index contributed by atoms with van der Waals surface area (Å²) in [6.07, 6.45) is 8.97. The van der Waals surface area contributed by atoms with Crippen LogP contribution in [0.5, 0.6) is 0 Å². The lowest BCUT2D eigenvalue weighted by Crippen LogP contribution is -2.35. The van der Waals surface area contributed by atoms with Crippen molar-refractivity contribution in [3.05, 3.63) is 29.8 Å². The van der Waals surface area contributed by atoms with Crippen molar-refractivity contribution in [2.45, 2.75) is 56.3 Å². The molecule has 0 unspecified atom stereocenters. The number of carbonyl (C=O) groups excluding carboxylic acids is 1. The molecule has 3 rings (SSSR count). The zero-order valence-electron chi connectivity index (χ0n) is 16.7. The van der Waals surface area contributed by atoms with E-state index in [1.54, 1.807) is 18.2 Å². The van der Waals surface area contributed by atoms with E-state index in [0.29, 0.717) is 25.2 Å². The van der Waals surface area contributed by atoms with Gasteiger partial charge in [-0.25, -0.2) is 8.42 Å². The van der Waals surface area contributed by atoms with Crippen LogP contribution in [0, 0.1) is 0 Å². The zero-order valence-corrected chi connectivity index (χ0v) is 17.6. The van der Waals surface area contributed by atoms with Gasteiger partial charge in [-0.15, -0.1) is 0 Å². The first kappa shape index (κ1) is 21.3. The highest BCUT2D eigenvalue weighted by molar-refractivity contribution is 7.89. The van der Waals surface area contributed by atoms with Gasteiger partial charge in [-0.05, 0) is 69.9 Å². The molecule has 2 fully saturated rings. The number of nitrogens with zero attached hydrogens (tertiary/aromatic N) is 2. The summed E-state index contributed by atoms with van der Waals surface area (Å²) >= 11 is 0. The van der Waals surface area contributed by atoms with E-state index in [1.165, 1.54) is 36.1 Å². The molecule has 7 heteroatoms. The summed E-state index contributed by atoms with van der Waals surface area (Å²) in [6.45, 7) is 5.06. The SMILES string of the molecule is O=C(NCCCN1CCCCCC1)c1cccc(S(=O)(=O)N2CCCCC2)c1. The van der Waals surface area contributed by atoms with Gasteiger partial charge in [-0.1, -0.05) is 25.3 Å². The van der Waals surface area contributed by atoms with Gasteiger partial charge in [-0.2, -0.15) is 4.31 Å². The quantitative estimate of drug-likeness (QED) is 0.706. The van der Waals surface area contributed by atoms with E-state index in [4.69, 9.17) is 0 Å². The van der Waals surface area contributed by atoms with Crippen LogP contribution in [0.3, 0.4) is 0 Å². The van der Waals surface area contributed by atoms with Crippen LogP contribution >= 0.6 is 0 Å². The molecule has 6 nitrogen and oxygen atoms in total. The number of amides is 1. The summed E-state index contributed by atoms with van der Waals surface area (Å²) in [5, 5.41) is 2.94. The number of hydrogen-bond acceptors (Lipinski definition) is 4. The molecule has 156 valence electrons. The predicted octanol–water partition coefficient (Wildman–Crippen LogP) is 2.86. The van der Waals surface area contributed by atoms with Crippen LogP contribution in [-0.2, 0) is 10.0 Å². The second-order valence-electron chi connectivity index (χ2n) is 7.86. The Morgan fingerprint density at radius 1 is 0.929 bits per heavy atom. The second-order valence-corrected chi connectivity index (χ2v) is 9.80. The monoisotopic (exact) mass is 407 g/mol. The maximum absolute atomic E-state index is 12.8. The van der Waals surface area contributed by atoms with Crippen molar-refractivity contribution in [2.75, 3.05) is 39.3 Å². The largest absolute Gasteiger partial charge is 0.352 e. The van der Waals surface area contributed by atoms with E-state index in [9.17, 15) is 13.2 Å². The molecule has 0 bridgehead atoms. The average Bonchev–Trinajstić information content (AvgIpc) is 3.00. The van der Waals surface area contributed by atoms with Gasteiger partial charge in [0.15, 0.2) is 0 Å². The number of piperidine rings is 1. The van der Waals surface area contributed by atoms with Gasteiger partial charge >= 0.3 is 0 Å². The lowest BCUT2D eigenvalue weighted by Gasteiger charge is -2.26. The molecular weight excluding hydrogens is 374 g/mol. The minimum atomic E-state index is -3.51. The van der Waals surface area contributed by atoms with Crippen molar-refractivity contribution in [1.82, 2.24) is 14.5 Å². The summed E-state index contributed by atoms with van der Waals surface area (Å²) in [4.78, 5) is 15.2. The Balaban J connectivity index is 1.52. The Bertz CT molecular complexity index is 737. The fraction of sp³-hybridized carbons (Fsp3) is 0.667. The standard InChI is InChI=1S/C21H33N3O3S/c25-21(22-12-9-15-23-13-4-1-2-5-14-23)19-10-8-11-20(18-19)28(26,27)24-16-6-3-7-17-24/h8,10-11,18H,1-7,9,12-17H2,(H,22,25).